The van der Waals surface area contributed by atoms with E-state index in [9.17, 15) is 14.7 Å². The van der Waals surface area contributed by atoms with Gasteiger partial charge >= 0.3 is 0 Å². The fraction of sp³-hybridized carbons (Fsp3) is 0.310. The molecule has 6 rings (SSSR count). The van der Waals surface area contributed by atoms with E-state index in [1.54, 1.807) is 35.2 Å². The Labute approximate surface area is 220 Å². The van der Waals surface area contributed by atoms with E-state index < -0.39 is 5.92 Å². The van der Waals surface area contributed by atoms with E-state index in [0.717, 1.165) is 19.6 Å². The molecule has 0 spiro atoms. The molecule has 0 radical (unpaired) electrons. The maximum Gasteiger partial charge on any atom is 0.274 e. The van der Waals surface area contributed by atoms with E-state index in [4.69, 9.17) is 0 Å². The zero-order valence-corrected chi connectivity index (χ0v) is 21.6. The van der Waals surface area contributed by atoms with Gasteiger partial charge in [-0.2, -0.15) is 0 Å². The van der Waals surface area contributed by atoms with Crippen LogP contribution < -0.4 is 11.1 Å². The van der Waals surface area contributed by atoms with Crippen molar-refractivity contribution in [3.05, 3.63) is 92.4 Å². The summed E-state index contributed by atoms with van der Waals surface area (Å²) in [7, 11) is 0. The Morgan fingerprint density at radius 1 is 1.08 bits per heavy atom. The van der Waals surface area contributed by atoms with Crippen molar-refractivity contribution in [3.63, 3.8) is 0 Å². The molecule has 1 atom stereocenters. The van der Waals surface area contributed by atoms with Gasteiger partial charge in [-0.05, 0) is 56.3 Å². The van der Waals surface area contributed by atoms with Crippen LogP contribution in [0, 0.1) is 0 Å². The second kappa shape index (κ2) is 11.0. The smallest absolute Gasteiger partial charge is 0.274 e. The van der Waals surface area contributed by atoms with Crippen LogP contribution in [-0.2, 0) is 6.54 Å². The van der Waals surface area contributed by atoms with Gasteiger partial charge in [0, 0.05) is 18.3 Å². The van der Waals surface area contributed by atoms with Gasteiger partial charge in [0.05, 0.1) is 34.9 Å². The molecule has 4 heterocycles. The molecule has 1 aliphatic carbocycles. The second-order valence-electron chi connectivity index (χ2n) is 9.22. The first kappa shape index (κ1) is 25.4. The number of aromatic hydroxyl groups is 1. The fourth-order valence-corrected chi connectivity index (χ4v) is 5.05. The van der Waals surface area contributed by atoms with Crippen molar-refractivity contribution in [1.82, 2.24) is 29.6 Å². The summed E-state index contributed by atoms with van der Waals surface area (Å²) in [6, 6.07) is 8.84. The average Bonchev–Trinajstić information content (AvgIpc) is 3.51. The minimum Gasteiger partial charge on any atom is -0.506 e. The minimum absolute atomic E-state index is 0.0571. The molecule has 2 aliphatic rings. The summed E-state index contributed by atoms with van der Waals surface area (Å²) in [5.74, 6) is -0.628. The number of phenolic OH excluding ortho intramolecular Hbond substituents is 1. The highest BCUT2D eigenvalue weighted by molar-refractivity contribution is 5.86. The lowest BCUT2D eigenvalue weighted by Crippen LogP contribution is -2.28. The molecule has 3 aromatic heterocycles. The number of hydrogen-bond acceptors (Lipinski definition) is 6. The maximum absolute atomic E-state index is 13.2. The number of likely N-dealkylation sites (tertiary alicyclic amines) is 1. The van der Waals surface area contributed by atoms with Crippen LogP contribution in [0.25, 0.3) is 28.4 Å². The van der Waals surface area contributed by atoms with Crippen LogP contribution in [0.5, 0.6) is 5.75 Å². The Bertz CT molecular complexity index is 1610. The Hall–Kier alpha value is -4.24. The normalized spacial score (nSPS) is 16.7. The Morgan fingerprint density at radius 2 is 1.89 bits per heavy atom. The second-order valence-corrected chi connectivity index (χ2v) is 9.22. The van der Waals surface area contributed by atoms with Crippen LogP contribution in [0.2, 0.25) is 0 Å². The van der Waals surface area contributed by atoms with Gasteiger partial charge in [-0.25, -0.2) is 4.98 Å². The van der Waals surface area contributed by atoms with Crippen molar-refractivity contribution >= 4 is 17.1 Å². The van der Waals surface area contributed by atoms with Gasteiger partial charge in [0.1, 0.15) is 17.0 Å². The van der Waals surface area contributed by atoms with E-state index >= 15 is 0 Å². The standard InChI is InChI=1S/C27H26N6O3.C2H6/c34-22-16-17(20-9-3-4-10-28-20)15-21-25(22)30-24(26(35)29-21)18-7-1-2-8-19-23(18)31-33(27(19)36)14-13-32-11-5-6-12-32;1-2/h1-4,7-10,15-16,18,31,34H,5-6,11-14H2,(H,29,35);1-2H3. The van der Waals surface area contributed by atoms with Crippen molar-refractivity contribution < 1.29 is 5.11 Å². The molecular weight excluding hydrogens is 480 g/mol. The highest BCUT2D eigenvalue weighted by atomic mass is 16.3. The van der Waals surface area contributed by atoms with Gasteiger partial charge in [0.25, 0.3) is 11.1 Å². The molecule has 1 aromatic carbocycles. The van der Waals surface area contributed by atoms with Gasteiger partial charge in [0.15, 0.2) is 0 Å². The number of aromatic amines is 2. The number of nitrogens with zero attached hydrogens (tertiary/aromatic N) is 4. The lowest BCUT2D eigenvalue weighted by atomic mass is 9.98. The lowest BCUT2D eigenvalue weighted by Gasteiger charge is -2.15. The number of pyridine rings is 1. The third kappa shape index (κ3) is 4.84. The van der Waals surface area contributed by atoms with Crippen LogP contribution in [0.4, 0.5) is 0 Å². The van der Waals surface area contributed by atoms with Gasteiger partial charge < -0.3 is 15.0 Å². The Balaban J connectivity index is 0.00000144. The zero-order chi connectivity index (χ0) is 26.6. The molecule has 0 amide bonds. The van der Waals surface area contributed by atoms with Gasteiger partial charge in [-0.3, -0.25) is 24.4 Å². The zero-order valence-electron chi connectivity index (χ0n) is 21.6. The number of H-pyrrole nitrogens is 2. The molecule has 196 valence electrons. The van der Waals surface area contributed by atoms with Gasteiger partial charge in [-0.1, -0.05) is 38.1 Å². The van der Waals surface area contributed by atoms with E-state index in [2.05, 4.69) is 25.0 Å². The summed E-state index contributed by atoms with van der Waals surface area (Å²) in [4.78, 5) is 40.5. The highest BCUT2D eigenvalue weighted by Crippen LogP contribution is 2.31. The largest absolute Gasteiger partial charge is 0.506 e. The molecule has 1 aliphatic heterocycles. The molecule has 38 heavy (non-hydrogen) atoms. The van der Waals surface area contributed by atoms with E-state index in [-0.39, 0.29) is 28.1 Å². The molecule has 1 unspecified atom stereocenters. The summed E-state index contributed by atoms with van der Waals surface area (Å²) in [6.45, 7) is 7.46. The van der Waals surface area contributed by atoms with Crippen LogP contribution in [0.15, 0.2) is 64.3 Å². The van der Waals surface area contributed by atoms with Crippen molar-refractivity contribution in [2.45, 2.75) is 39.2 Å². The molecule has 9 nitrogen and oxygen atoms in total. The number of phenols is 1. The summed E-state index contributed by atoms with van der Waals surface area (Å²) < 4.78 is 1.62. The van der Waals surface area contributed by atoms with Crippen molar-refractivity contribution in [1.29, 1.82) is 0 Å². The predicted octanol–water partition coefficient (Wildman–Crippen LogP) is 4.02. The molecule has 1 fully saturated rings. The van der Waals surface area contributed by atoms with Crippen LogP contribution in [-0.4, -0.2) is 54.4 Å². The third-order valence-corrected chi connectivity index (χ3v) is 6.91. The number of benzene rings is 1. The summed E-state index contributed by atoms with van der Waals surface area (Å²) in [5, 5.41) is 14.0. The van der Waals surface area contributed by atoms with Crippen molar-refractivity contribution in [2.75, 3.05) is 19.6 Å². The number of aromatic nitrogens is 5. The van der Waals surface area contributed by atoms with E-state index in [1.807, 2.05) is 44.2 Å². The van der Waals surface area contributed by atoms with Crippen LogP contribution in [0.1, 0.15) is 49.6 Å². The molecular formula is C29H32N6O3. The average molecular weight is 513 g/mol. The third-order valence-electron chi connectivity index (χ3n) is 6.91. The number of fused-ring (bicyclic) bond motifs is 2. The molecule has 0 bridgehead atoms. The molecule has 4 aromatic rings. The molecule has 3 N–H and O–H groups in total. The number of hydrogen-bond donors (Lipinski definition) is 3. The monoisotopic (exact) mass is 512 g/mol. The molecule has 0 saturated carbocycles. The van der Waals surface area contributed by atoms with Crippen molar-refractivity contribution in [2.24, 2.45) is 0 Å². The van der Waals surface area contributed by atoms with Crippen molar-refractivity contribution in [3.8, 4) is 17.0 Å². The number of rotatable bonds is 5. The summed E-state index contributed by atoms with van der Waals surface area (Å²) in [6.07, 6.45) is 11.3. The van der Waals surface area contributed by atoms with Gasteiger partial charge in [0.2, 0.25) is 0 Å². The molecule has 9 heteroatoms. The minimum atomic E-state index is -0.571. The lowest BCUT2D eigenvalue weighted by molar-refractivity contribution is 0.313. The number of nitrogens with one attached hydrogen (secondary N) is 2. The van der Waals surface area contributed by atoms with E-state index in [0.29, 0.717) is 34.6 Å². The maximum atomic E-state index is 13.2. The quantitative estimate of drug-likeness (QED) is 0.372. The Kier molecular flexibility index (Phi) is 7.37. The summed E-state index contributed by atoms with van der Waals surface area (Å²) in [5.41, 5.74) is 2.89. The number of allylic oxidation sites excluding steroid dienone is 3. The van der Waals surface area contributed by atoms with E-state index in [1.165, 1.54) is 12.8 Å². The van der Waals surface area contributed by atoms with Gasteiger partial charge in [-0.15, -0.1) is 0 Å². The first-order chi connectivity index (χ1) is 18.6. The SMILES string of the molecule is CC.O=c1[nH]c2cc(-c3ccccn3)cc(O)c2nc1C1C=CC=Cc2c1[nH]n(CCN1CCCC1)c2=O. The first-order valence-corrected chi connectivity index (χ1v) is 13.2. The Morgan fingerprint density at radius 3 is 2.66 bits per heavy atom. The molecule has 1 saturated heterocycles. The van der Waals surface area contributed by atoms with Crippen LogP contribution >= 0.6 is 0 Å². The fourth-order valence-electron chi connectivity index (χ4n) is 5.05. The summed E-state index contributed by atoms with van der Waals surface area (Å²) >= 11 is 0. The van der Waals surface area contributed by atoms with Crippen LogP contribution in [0.3, 0.4) is 0 Å². The first-order valence-electron chi connectivity index (χ1n) is 13.2. The topological polar surface area (TPSA) is 120 Å². The highest BCUT2D eigenvalue weighted by Gasteiger charge is 2.26. The predicted molar refractivity (Wildman–Crippen MR) is 149 cm³/mol.